The Morgan fingerprint density at radius 1 is 1.58 bits per heavy atom. The third kappa shape index (κ3) is 1.55. The average molecular weight is 172 g/mol. The highest BCUT2D eigenvalue weighted by Gasteiger charge is 2.36. The first kappa shape index (κ1) is 8.99. The van der Waals surface area contributed by atoms with Gasteiger partial charge in [-0.05, 0) is 6.42 Å². The minimum atomic E-state index is -0.974. The fourth-order valence-electron chi connectivity index (χ4n) is 1.45. The lowest BCUT2D eigenvalue weighted by Crippen LogP contribution is -2.39. The van der Waals surface area contributed by atoms with Crippen molar-refractivity contribution in [3.8, 4) is 0 Å². The van der Waals surface area contributed by atoms with Crippen LogP contribution in [0.3, 0.4) is 0 Å². The molecule has 1 saturated heterocycles. The molecule has 1 aliphatic heterocycles. The molecular formula is C7H12N2O3. The van der Waals surface area contributed by atoms with Crippen LogP contribution in [0, 0.1) is 0 Å². The van der Waals surface area contributed by atoms with E-state index in [1.54, 1.807) is 0 Å². The Bertz CT molecular complexity index is 195. The molecule has 0 aliphatic carbocycles. The number of nitrogens with two attached hydrogens (primary N) is 1. The monoisotopic (exact) mass is 172 g/mol. The van der Waals surface area contributed by atoms with Crippen LogP contribution in [-0.4, -0.2) is 40.5 Å². The number of hydrogen-bond acceptors (Lipinski definition) is 3. The lowest BCUT2D eigenvalue weighted by atomic mass is 10.2. The fraction of sp³-hybridized carbons (Fsp3) is 0.714. The second-order valence-corrected chi connectivity index (χ2v) is 3.02. The van der Waals surface area contributed by atoms with Gasteiger partial charge in [0.1, 0.15) is 6.04 Å². The van der Waals surface area contributed by atoms with E-state index in [0.29, 0.717) is 13.0 Å². The molecule has 12 heavy (non-hydrogen) atoms. The molecule has 0 bridgehead atoms. The minimum Gasteiger partial charge on any atom is -0.480 e. The molecule has 0 saturated carbocycles. The summed E-state index contributed by atoms with van der Waals surface area (Å²) in [4.78, 5) is 22.8. The van der Waals surface area contributed by atoms with E-state index in [1.165, 1.54) is 11.8 Å². The average Bonchev–Trinajstić information content (AvgIpc) is 2.31. The standard InChI is InChI=1S/C7H12N2O3/c1-4(10)9-3-5(8)2-6(9)7(11)12/h5-6H,2-3,8H2,1H3,(H,11,12)/t5?,6-/m0/s1. The Morgan fingerprint density at radius 3 is 2.50 bits per heavy atom. The van der Waals surface area contributed by atoms with Gasteiger partial charge in [-0.25, -0.2) is 4.79 Å². The van der Waals surface area contributed by atoms with Crippen molar-refractivity contribution in [2.24, 2.45) is 5.73 Å². The number of carbonyl (C=O) groups is 2. The first-order valence-corrected chi connectivity index (χ1v) is 3.78. The maximum atomic E-state index is 10.9. The van der Waals surface area contributed by atoms with Crippen molar-refractivity contribution in [1.82, 2.24) is 4.90 Å². The molecule has 0 aromatic rings. The number of rotatable bonds is 1. The van der Waals surface area contributed by atoms with Gasteiger partial charge in [-0.2, -0.15) is 0 Å². The van der Waals surface area contributed by atoms with Crippen LogP contribution in [-0.2, 0) is 9.59 Å². The SMILES string of the molecule is CC(=O)N1CC(N)C[C@H]1C(=O)O. The Morgan fingerprint density at radius 2 is 2.17 bits per heavy atom. The van der Waals surface area contributed by atoms with Crippen molar-refractivity contribution in [2.45, 2.75) is 25.4 Å². The minimum absolute atomic E-state index is 0.199. The van der Waals surface area contributed by atoms with Crippen LogP contribution in [0.15, 0.2) is 0 Å². The maximum absolute atomic E-state index is 10.9. The number of carbonyl (C=O) groups excluding carboxylic acids is 1. The molecule has 1 fully saturated rings. The zero-order valence-corrected chi connectivity index (χ0v) is 6.86. The molecule has 0 radical (unpaired) electrons. The van der Waals surface area contributed by atoms with Crippen LogP contribution in [0.25, 0.3) is 0 Å². The summed E-state index contributed by atoms with van der Waals surface area (Å²) in [7, 11) is 0. The van der Waals surface area contributed by atoms with E-state index >= 15 is 0 Å². The van der Waals surface area contributed by atoms with Crippen molar-refractivity contribution >= 4 is 11.9 Å². The number of carboxylic acid groups (broad SMARTS) is 1. The van der Waals surface area contributed by atoms with Crippen molar-refractivity contribution in [3.05, 3.63) is 0 Å². The third-order valence-corrected chi connectivity index (χ3v) is 2.02. The van der Waals surface area contributed by atoms with Crippen molar-refractivity contribution in [2.75, 3.05) is 6.54 Å². The second kappa shape index (κ2) is 3.10. The molecule has 1 unspecified atom stereocenters. The highest BCUT2D eigenvalue weighted by atomic mass is 16.4. The number of hydrogen-bond donors (Lipinski definition) is 2. The molecule has 68 valence electrons. The second-order valence-electron chi connectivity index (χ2n) is 3.02. The summed E-state index contributed by atoms with van der Waals surface area (Å²) >= 11 is 0. The van der Waals surface area contributed by atoms with Gasteiger partial charge in [0.2, 0.25) is 5.91 Å². The van der Waals surface area contributed by atoms with Gasteiger partial charge in [-0.3, -0.25) is 4.79 Å². The highest BCUT2D eigenvalue weighted by molar-refractivity contribution is 5.83. The van der Waals surface area contributed by atoms with Gasteiger partial charge in [0.05, 0.1) is 0 Å². The smallest absolute Gasteiger partial charge is 0.326 e. The number of nitrogens with zero attached hydrogens (tertiary/aromatic N) is 1. The van der Waals surface area contributed by atoms with Gasteiger partial charge >= 0.3 is 5.97 Å². The largest absolute Gasteiger partial charge is 0.480 e. The van der Waals surface area contributed by atoms with Gasteiger partial charge in [0, 0.05) is 19.5 Å². The first-order chi connectivity index (χ1) is 5.52. The zero-order chi connectivity index (χ0) is 9.30. The topological polar surface area (TPSA) is 83.6 Å². The van der Waals surface area contributed by atoms with Crippen LogP contribution in [0.2, 0.25) is 0 Å². The van der Waals surface area contributed by atoms with E-state index in [-0.39, 0.29) is 11.9 Å². The molecule has 0 aromatic carbocycles. The third-order valence-electron chi connectivity index (χ3n) is 2.02. The summed E-state index contributed by atoms with van der Waals surface area (Å²) in [6.45, 7) is 1.71. The van der Waals surface area contributed by atoms with Gasteiger partial charge in [0.15, 0.2) is 0 Å². The van der Waals surface area contributed by atoms with Crippen LogP contribution in [0.5, 0.6) is 0 Å². The quantitative estimate of drug-likeness (QED) is 0.532. The Kier molecular flexibility index (Phi) is 2.32. The predicted molar refractivity (Wildman–Crippen MR) is 41.4 cm³/mol. The summed E-state index contributed by atoms with van der Waals surface area (Å²) in [6.07, 6.45) is 0.356. The number of carboxylic acids is 1. The summed E-state index contributed by atoms with van der Waals surface area (Å²) in [5, 5.41) is 8.70. The summed E-state index contributed by atoms with van der Waals surface area (Å²) in [5.41, 5.74) is 5.53. The Labute approximate surface area is 70.1 Å². The van der Waals surface area contributed by atoms with Crippen molar-refractivity contribution < 1.29 is 14.7 Å². The molecule has 2 atom stereocenters. The first-order valence-electron chi connectivity index (χ1n) is 3.78. The van der Waals surface area contributed by atoms with E-state index in [2.05, 4.69) is 0 Å². The lowest BCUT2D eigenvalue weighted by molar-refractivity contribution is -0.147. The normalized spacial score (nSPS) is 29.0. The van der Waals surface area contributed by atoms with Crippen LogP contribution >= 0.6 is 0 Å². The Balaban J connectivity index is 2.72. The molecule has 0 spiro atoms. The number of aliphatic carboxylic acids is 1. The van der Waals surface area contributed by atoms with Crippen LogP contribution < -0.4 is 5.73 Å². The lowest BCUT2D eigenvalue weighted by Gasteiger charge is -2.18. The van der Waals surface area contributed by atoms with Crippen molar-refractivity contribution in [1.29, 1.82) is 0 Å². The van der Waals surface area contributed by atoms with Gasteiger partial charge < -0.3 is 15.7 Å². The van der Waals surface area contributed by atoms with Crippen molar-refractivity contribution in [3.63, 3.8) is 0 Å². The van der Waals surface area contributed by atoms with E-state index in [9.17, 15) is 9.59 Å². The van der Waals surface area contributed by atoms with Crippen LogP contribution in [0.1, 0.15) is 13.3 Å². The Hall–Kier alpha value is -1.10. The molecule has 1 rings (SSSR count). The van der Waals surface area contributed by atoms with E-state index < -0.39 is 12.0 Å². The predicted octanol–water partition coefficient (Wildman–Crippen LogP) is -0.981. The van der Waals surface area contributed by atoms with Gasteiger partial charge in [0.25, 0.3) is 0 Å². The molecule has 1 heterocycles. The summed E-state index contributed by atoms with van der Waals surface area (Å²) in [5.74, 6) is -1.20. The number of amides is 1. The molecule has 1 aliphatic rings. The molecule has 3 N–H and O–H groups in total. The maximum Gasteiger partial charge on any atom is 0.326 e. The van der Waals surface area contributed by atoms with Gasteiger partial charge in [-0.1, -0.05) is 0 Å². The van der Waals surface area contributed by atoms with E-state index in [0.717, 1.165) is 0 Å². The molecule has 5 nitrogen and oxygen atoms in total. The van der Waals surface area contributed by atoms with E-state index in [1.807, 2.05) is 0 Å². The molecular weight excluding hydrogens is 160 g/mol. The number of likely N-dealkylation sites (tertiary alicyclic amines) is 1. The molecule has 5 heteroatoms. The summed E-state index contributed by atoms with van der Waals surface area (Å²) < 4.78 is 0. The summed E-state index contributed by atoms with van der Waals surface area (Å²) in [6, 6.07) is -0.924. The zero-order valence-electron chi connectivity index (χ0n) is 6.86. The highest BCUT2D eigenvalue weighted by Crippen LogP contribution is 2.16. The molecule has 1 amide bonds. The van der Waals surface area contributed by atoms with E-state index in [4.69, 9.17) is 10.8 Å². The van der Waals surface area contributed by atoms with Crippen LogP contribution in [0.4, 0.5) is 0 Å². The fourth-order valence-corrected chi connectivity index (χ4v) is 1.45. The molecule has 0 aromatic heterocycles. The van der Waals surface area contributed by atoms with Gasteiger partial charge in [-0.15, -0.1) is 0 Å².